The molecule has 0 aliphatic heterocycles. The van der Waals surface area contributed by atoms with Crippen molar-refractivity contribution in [3.63, 3.8) is 0 Å². The van der Waals surface area contributed by atoms with Crippen molar-refractivity contribution in [2.75, 3.05) is 25.2 Å². The Bertz CT molecular complexity index is 1370. The molecule has 2 aliphatic carbocycles. The fourth-order valence-corrected chi connectivity index (χ4v) is 7.53. The van der Waals surface area contributed by atoms with Gasteiger partial charge >= 0.3 is 6.18 Å². The fraction of sp³-hybridized carbons (Fsp3) is 0.548. The second-order valence-electron chi connectivity index (χ2n) is 11.7. The van der Waals surface area contributed by atoms with Gasteiger partial charge in [0.1, 0.15) is 5.88 Å². The number of nitrogens with one attached hydrogen (secondary N) is 1. The van der Waals surface area contributed by atoms with Gasteiger partial charge in [-0.25, -0.2) is 8.42 Å². The first-order valence-corrected chi connectivity index (χ1v) is 17.5. The number of halogens is 3. The third-order valence-corrected chi connectivity index (χ3v) is 10.7. The molecule has 2 saturated carbocycles. The van der Waals surface area contributed by atoms with Crippen LogP contribution in [0.15, 0.2) is 58.3 Å². The highest BCUT2D eigenvalue weighted by Gasteiger charge is 2.36. The molecule has 0 saturated heterocycles. The molecule has 2 aromatic carbocycles. The van der Waals surface area contributed by atoms with Gasteiger partial charge in [-0.1, -0.05) is 6.07 Å². The fourth-order valence-electron chi connectivity index (χ4n) is 5.70. The van der Waals surface area contributed by atoms with Crippen molar-refractivity contribution in [1.82, 2.24) is 15.1 Å². The Morgan fingerprint density at radius 1 is 0.977 bits per heavy atom. The minimum Gasteiger partial charge on any atom is -0.343 e. The van der Waals surface area contributed by atoms with E-state index < -0.39 is 45.8 Å². The van der Waals surface area contributed by atoms with Crippen molar-refractivity contribution in [3.8, 4) is 0 Å². The molecule has 0 spiro atoms. The standard InChI is InChI=1S/C31H40F3N3O4S2/c1-21(2)36(19-22-7-8-22)25-9-11-26(12-10-25)37(20-43(40,41)28-15-13-27(42-3)14-16-28)29(38)18-35-30(39)23-5-4-6-24(17-23)31(32,33)34/h4-6,13-17,21-22,25-26H,7-12,18-20H2,1-3H3,(H,35,39). The molecule has 4 rings (SSSR count). The van der Waals surface area contributed by atoms with E-state index in [4.69, 9.17) is 0 Å². The summed E-state index contributed by atoms with van der Waals surface area (Å²) < 4.78 is 66.3. The number of carbonyl (C=O) groups is 2. The van der Waals surface area contributed by atoms with Crippen LogP contribution in [0.5, 0.6) is 0 Å². The van der Waals surface area contributed by atoms with Crippen molar-refractivity contribution >= 4 is 33.4 Å². The molecule has 0 bridgehead atoms. The number of hydrogen-bond acceptors (Lipinski definition) is 6. The van der Waals surface area contributed by atoms with Gasteiger partial charge in [-0.15, -0.1) is 11.8 Å². The van der Waals surface area contributed by atoms with Crippen LogP contribution in [0.2, 0.25) is 0 Å². The van der Waals surface area contributed by atoms with E-state index >= 15 is 0 Å². The predicted octanol–water partition coefficient (Wildman–Crippen LogP) is 5.85. The normalized spacial score (nSPS) is 19.4. The van der Waals surface area contributed by atoms with Crippen LogP contribution in [-0.4, -0.2) is 73.4 Å². The van der Waals surface area contributed by atoms with Gasteiger partial charge in [-0.3, -0.25) is 14.5 Å². The maximum atomic E-state index is 13.5. The molecule has 0 unspecified atom stereocenters. The van der Waals surface area contributed by atoms with Crippen molar-refractivity contribution in [3.05, 3.63) is 59.7 Å². The Hall–Kier alpha value is -2.57. The van der Waals surface area contributed by atoms with Gasteiger partial charge in [0.05, 0.1) is 17.0 Å². The highest BCUT2D eigenvalue weighted by atomic mass is 32.2. The molecular formula is C31H40F3N3O4S2. The summed E-state index contributed by atoms with van der Waals surface area (Å²) in [6.07, 6.45) is 2.65. The van der Waals surface area contributed by atoms with Crippen LogP contribution in [0.3, 0.4) is 0 Å². The van der Waals surface area contributed by atoms with E-state index in [0.717, 1.165) is 48.4 Å². The lowest BCUT2D eigenvalue weighted by Crippen LogP contribution is -2.51. The zero-order chi connectivity index (χ0) is 31.4. The monoisotopic (exact) mass is 639 g/mol. The zero-order valence-corrected chi connectivity index (χ0v) is 26.4. The van der Waals surface area contributed by atoms with E-state index in [1.807, 2.05) is 6.26 Å². The molecule has 2 aromatic rings. The van der Waals surface area contributed by atoms with E-state index in [1.165, 1.54) is 47.7 Å². The lowest BCUT2D eigenvalue weighted by Gasteiger charge is -2.42. The lowest BCUT2D eigenvalue weighted by molar-refractivity contribution is -0.137. The molecule has 1 N–H and O–H groups in total. The summed E-state index contributed by atoms with van der Waals surface area (Å²) in [5.41, 5.74) is -1.21. The van der Waals surface area contributed by atoms with E-state index in [-0.39, 0.29) is 16.5 Å². The number of hydrogen-bond donors (Lipinski definition) is 1. The minimum absolute atomic E-state index is 0.0974. The highest BCUT2D eigenvalue weighted by Crippen LogP contribution is 2.35. The molecule has 2 aliphatic rings. The van der Waals surface area contributed by atoms with Crippen molar-refractivity contribution < 1.29 is 31.2 Å². The van der Waals surface area contributed by atoms with E-state index in [9.17, 15) is 31.2 Å². The summed E-state index contributed by atoms with van der Waals surface area (Å²) in [5.74, 6) is -1.24. The molecular weight excluding hydrogens is 599 g/mol. The van der Waals surface area contributed by atoms with Crippen molar-refractivity contribution in [2.45, 2.75) is 86.5 Å². The Labute approximate surface area is 256 Å². The number of carbonyl (C=O) groups excluding carboxylic acids is 2. The van der Waals surface area contributed by atoms with E-state index in [0.29, 0.717) is 24.9 Å². The van der Waals surface area contributed by atoms with Gasteiger partial charge in [0.15, 0.2) is 9.84 Å². The first-order chi connectivity index (χ1) is 20.3. The maximum Gasteiger partial charge on any atom is 0.416 e. The van der Waals surface area contributed by atoms with Gasteiger partial charge in [-0.05, 0) is 107 Å². The van der Waals surface area contributed by atoms with Crippen molar-refractivity contribution in [1.29, 1.82) is 0 Å². The number of sulfone groups is 1. The molecule has 2 amide bonds. The van der Waals surface area contributed by atoms with Crippen LogP contribution < -0.4 is 5.32 Å². The van der Waals surface area contributed by atoms with E-state index in [2.05, 4.69) is 24.1 Å². The molecule has 0 heterocycles. The lowest BCUT2D eigenvalue weighted by atomic mass is 9.88. The molecule has 12 heteroatoms. The Balaban J connectivity index is 1.49. The summed E-state index contributed by atoms with van der Waals surface area (Å²) in [6.45, 7) is 4.89. The first kappa shape index (κ1) is 33.3. The third kappa shape index (κ3) is 8.98. The summed E-state index contributed by atoms with van der Waals surface area (Å²) >= 11 is 1.49. The Kier molecular flexibility index (Phi) is 10.9. The van der Waals surface area contributed by atoms with Gasteiger partial charge in [-0.2, -0.15) is 13.2 Å². The number of alkyl halides is 3. The topological polar surface area (TPSA) is 86.8 Å². The number of rotatable bonds is 12. The molecule has 7 nitrogen and oxygen atoms in total. The summed E-state index contributed by atoms with van der Waals surface area (Å²) in [6, 6.07) is 10.8. The zero-order valence-electron chi connectivity index (χ0n) is 24.8. The van der Waals surface area contributed by atoms with Crippen LogP contribution >= 0.6 is 11.8 Å². The number of nitrogens with zero attached hydrogens (tertiary/aromatic N) is 2. The van der Waals surface area contributed by atoms with E-state index in [1.54, 1.807) is 12.1 Å². The van der Waals surface area contributed by atoms with Gasteiger partial charge < -0.3 is 10.2 Å². The quantitative estimate of drug-likeness (QED) is 0.294. The largest absolute Gasteiger partial charge is 0.416 e. The van der Waals surface area contributed by atoms with Gasteiger partial charge in [0, 0.05) is 35.1 Å². The molecule has 0 radical (unpaired) electrons. The second-order valence-corrected chi connectivity index (χ2v) is 14.6. The van der Waals surface area contributed by atoms with Crippen LogP contribution in [0.25, 0.3) is 0 Å². The second kappa shape index (κ2) is 14.0. The average molecular weight is 640 g/mol. The molecule has 0 aromatic heterocycles. The molecule has 2 fully saturated rings. The minimum atomic E-state index is -4.62. The molecule has 236 valence electrons. The predicted molar refractivity (Wildman–Crippen MR) is 162 cm³/mol. The maximum absolute atomic E-state index is 13.5. The van der Waals surface area contributed by atoms with Crippen LogP contribution in [0.1, 0.15) is 68.3 Å². The Morgan fingerprint density at radius 3 is 2.16 bits per heavy atom. The number of benzene rings is 2. The summed E-state index contributed by atoms with van der Waals surface area (Å²) in [7, 11) is -3.89. The summed E-state index contributed by atoms with van der Waals surface area (Å²) in [4.78, 5) is 31.1. The van der Waals surface area contributed by atoms with Gasteiger partial charge in [0.2, 0.25) is 5.91 Å². The summed E-state index contributed by atoms with van der Waals surface area (Å²) in [5, 5.41) is 2.40. The van der Waals surface area contributed by atoms with Crippen LogP contribution in [0, 0.1) is 5.92 Å². The number of thioether (sulfide) groups is 1. The molecule has 0 atom stereocenters. The third-order valence-electron chi connectivity index (χ3n) is 8.31. The number of amides is 2. The Morgan fingerprint density at radius 2 is 1.60 bits per heavy atom. The van der Waals surface area contributed by atoms with Crippen molar-refractivity contribution in [2.24, 2.45) is 5.92 Å². The first-order valence-electron chi connectivity index (χ1n) is 14.7. The highest BCUT2D eigenvalue weighted by molar-refractivity contribution is 7.98. The molecule has 43 heavy (non-hydrogen) atoms. The van der Waals surface area contributed by atoms with Gasteiger partial charge in [0.25, 0.3) is 5.91 Å². The van der Waals surface area contributed by atoms with Crippen LogP contribution in [-0.2, 0) is 20.8 Å². The van der Waals surface area contributed by atoms with Crippen LogP contribution in [0.4, 0.5) is 13.2 Å². The smallest absolute Gasteiger partial charge is 0.343 e. The average Bonchev–Trinajstić information content (AvgIpc) is 3.81. The SMILES string of the molecule is CSc1ccc(S(=O)(=O)CN(C(=O)CNC(=O)c2cccc(C(F)(F)F)c2)C2CCC(N(CC3CC3)C(C)C)CC2)cc1.